The summed E-state index contributed by atoms with van der Waals surface area (Å²) in [5.74, 6) is 0.146. The molecule has 5 aromatic rings. The number of carbonyl (C=O) groups excluding carboxylic acids is 3. The third kappa shape index (κ3) is 6.23. The quantitative estimate of drug-likeness (QED) is 0.184. The van der Waals surface area contributed by atoms with E-state index >= 15 is 0 Å². The van der Waals surface area contributed by atoms with Crippen molar-refractivity contribution in [3.8, 4) is 0 Å². The maximum absolute atomic E-state index is 12.8. The number of aromatic amines is 2. The molecule has 3 aromatic carbocycles. The topological polar surface area (TPSA) is 94.8 Å². The number of carbonyl (C=O) groups is 3. The van der Waals surface area contributed by atoms with E-state index in [4.69, 9.17) is 0 Å². The molecule has 2 aromatic heterocycles. The van der Waals surface area contributed by atoms with Crippen molar-refractivity contribution in [3.63, 3.8) is 0 Å². The first-order valence-corrected chi connectivity index (χ1v) is 12.4. The van der Waals surface area contributed by atoms with Gasteiger partial charge < -0.3 is 15.3 Å². The SMILES string of the molecule is O=C(Cc1ccc(Nc2ccc(CC(=O)c3cc[nH]c3)cc2)cc1)c1ccc(CC(=O)c2cc[nH]c2)cc1. The fourth-order valence-corrected chi connectivity index (χ4v) is 4.24. The highest BCUT2D eigenvalue weighted by molar-refractivity contribution is 5.99. The summed E-state index contributed by atoms with van der Waals surface area (Å²) in [4.78, 5) is 43.1. The number of ketones is 3. The minimum absolute atomic E-state index is 0.0268. The number of hydrogen-bond donors (Lipinski definition) is 3. The normalized spacial score (nSPS) is 10.7. The van der Waals surface area contributed by atoms with E-state index in [1.54, 1.807) is 49.1 Å². The molecule has 6 heteroatoms. The summed E-state index contributed by atoms with van der Waals surface area (Å²) in [6, 6.07) is 26.3. The molecular weight excluding hydrogens is 474 g/mol. The lowest BCUT2D eigenvalue weighted by Crippen LogP contribution is -2.05. The van der Waals surface area contributed by atoms with Crippen LogP contribution in [0.2, 0.25) is 0 Å². The highest BCUT2D eigenvalue weighted by Crippen LogP contribution is 2.20. The molecule has 0 unspecified atom stereocenters. The average molecular weight is 502 g/mol. The van der Waals surface area contributed by atoms with E-state index in [-0.39, 0.29) is 17.3 Å². The minimum atomic E-state index is 0.0268. The van der Waals surface area contributed by atoms with Crippen LogP contribution in [0.1, 0.15) is 47.8 Å². The fraction of sp³-hybridized carbons (Fsp3) is 0.0938. The van der Waals surface area contributed by atoms with Gasteiger partial charge in [0.05, 0.1) is 0 Å². The average Bonchev–Trinajstić information content (AvgIpc) is 3.67. The summed E-state index contributed by atoms with van der Waals surface area (Å²) in [5, 5.41) is 3.35. The second-order valence-corrected chi connectivity index (χ2v) is 9.21. The van der Waals surface area contributed by atoms with Gasteiger partial charge in [-0.2, -0.15) is 0 Å². The van der Waals surface area contributed by atoms with Gasteiger partial charge in [0.1, 0.15) is 0 Å². The number of anilines is 2. The van der Waals surface area contributed by atoms with Crippen molar-refractivity contribution in [3.05, 3.63) is 143 Å². The monoisotopic (exact) mass is 501 g/mol. The summed E-state index contributed by atoms with van der Waals surface area (Å²) in [6.07, 6.45) is 7.83. The molecule has 5 rings (SSSR count). The molecule has 0 spiro atoms. The second-order valence-electron chi connectivity index (χ2n) is 9.21. The number of aromatic nitrogens is 2. The summed E-state index contributed by atoms with van der Waals surface area (Å²) >= 11 is 0. The van der Waals surface area contributed by atoms with E-state index in [9.17, 15) is 14.4 Å². The van der Waals surface area contributed by atoms with Crippen molar-refractivity contribution in [1.82, 2.24) is 9.97 Å². The summed E-state index contributed by atoms with van der Waals surface area (Å²) < 4.78 is 0. The second kappa shape index (κ2) is 11.4. The smallest absolute Gasteiger partial charge is 0.168 e. The third-order valence-corrected chi connectivity index (χ3v) is 6.41. The molecule has 0 fully saturated rings. The number of nitrogens with one attached hydrogen (secondary N) is 3. The van der Waals surface area contributed by atoms with E-state index < -0.39 is 0 Å². The Morgan fingerprint density at radius 2 is 0.842 bits per heavy atom. The van der Waals surface area contributed by atoms with Crippen LogP contribution < -0.4 is 5.32 Å². The molecule has 0 aliphatic carbocycles. The maximum atomic E-state index is 12.8. The van der Waals surface area contributed by atoms with Crippen LogP contribution in [0.4, 0.5) is 11.4 Å². The van der Waals surface area contributed by atoms with Gasteiger partial charge in [0.25, 0.3) is 0 Å². The third-order valence-electron chi connectivity index (χ3n) is 6.41. The van der Waals surface area contributed by atoms with Gasteiger partial charge in [0, 0.05) is 72.1 Å². The van der Waals surface area contributed by atoms with Crippen molar-refractivity contribution < 1.29 is 14.4 Å². The lowest BCUT2D eigenvalue weighted by atomic mass is 9.99. The lowest BCUT2D eigenvalue weighted by Gasteiger charge is -2.09. The first-order valence-electron chi connectivity index (χ1n) is 12.4. The molecule has 0 aliphatic rings. The van der Waals surface area contributed by atoms with Crippen LogP contribution in [-0.2, 0) is 19.3 Å². The lowest BCUT2D eigenvalue weighted by molar-refractivity contribution is 0.0984. The van der Waals surface area contributed by atoms with E-state index in [1.165, 1.54) is 0 Å². The van der Waals surface area contributed by atoms with Gasteiger partial charge in [-0.1, -0.05) is 48.5 Å². The van der Waals surface area contributed by atoms with Gasteiger partial charge in [-0.3, -0.25) is 14.4 Å². The Morgan fingerprint density at radius 1 is 0.474 bits per heavy atom. The Hall–Kier alpha value is -4.97. The van der Waals surface area contributed by atoms with Gasteiger partial charge in [-0.05, 0) is 53.1 Å². The first kappa shape index (κ1) is 24.7. The maximum Gasteiger partial charge on any atom is 0.168 e. The molecule has 0 radical (unpaired) electrons. The first-order chi connectivity index (χ1) is 18.5. The van der Waals surface area contributed by atoms with Gasteiger partial charge >= 0.3 is 0 Å². The van der Waals surface area contributed by atoms with Crippen LogP contribution in [0.3, 0.4) is 0 Å². The molecule has 0 atom stereocenters. The van der Waals surface area contributed by atoms with Crippen molar-refractivity contribution in [1.29, 1.82) is 0 Å². The molecule has 2 heterocycles. The molecule has 0 amide bonds. The number of H-pyrrole nitrogens is 2. The van der Waals surface area contributed by atoms with Crippen molar-refractivity contribution >= 4 is 28.7 Å². The van der Waals surface area contributed by atoms with Gasteiger partial charge in [-0.15, -0.1) is 0 Å². The predicted molar refractivity (Wildman–Crippen MR) is 148 cm³/mol. The Balaban J connectivity index is 1.13. The Kier molecular flexibility index (Phi) is 7.41. The zero-order valence-electron chi connectivity index (χ0n) is 20.7. The highest BCUT2D eigenvalue weighted by Gasteiger charge is 2.11. The van der Waals surface area contributed by atoms with Crippen LogP contribution in [-0.4, -0.2) is 27.3 Å². The van der Waals surface area contributed by atoms with E-state index in [0.717, 1.165) is 28.1 Å². The van der Waals surface area contributed by atoms with E-state index in [0.29, 0.717) is 36.0 Å². The number of rotatable bonds is 11. The Labute approximate surface area is 220 Å². The zero-order chi connectivity index (χ0) is 26.3. The standard InChI is InChI=1S/C32H27N3O3/c36-30(25-7-1-22(2-8-25)18-31(37)26-13-15-33-20-26)17-23-3-9-28(10-4-23)35-29-11-5-24(6-12-29)19-32(38)27-14-16-34-21-27/h1-16,20-21,33-35H,17-19H2. The molecule has 0 bridgehead atoms. The molecular formula is C32H27N3O3. The largest absolute Gasteiger partial charge is 0.367 e. The molecule has 3 N–H and O–H groups in total. The van der Waals surface area contributed by atoms with E-state index in [2.05, 4.69) is 15.3 Å². The Bertz CT molecular complexity index is 1520. The molecule has 0 saturated carbocycles. The molecule has 188 valence electrons. The number of Topliss-reactive ketones (excluding diaryl/α,β-unsaturated/α-hetero) is 3. The number of benzene rings is 3. The van der Waals surface area contributed by atoms with Crippen molar-refractivity contribution in [2.75, 3.05) is 5.32 Å². The molecule has 0 aliphatic heterocycles. The van der Waals surface area contributed by atoms with Gasteiger partial charge in [0.2, 0.25) is 0 Å². The molecule has 0 saturated heterocycles. The van der Waals surface area contributed by atoms with Crippen LogP contribution in [0.5, 0.6) is 0 Å². The van der Waals surface area contributed by atoms with Crippen molar-refractivity contribution in [2.45, 2.75) is 19.3 Å². The van der Waals surface area contributed by atoms with Crippen LogP contribution in [0, 0.1) is 0 Å². The summed E-state index contributed by atoms with van der Waals surface area (Å²) in [6.45, 7) is 0. The molecule has 6 nitrogen and oxygen atoms in total. The van der Waals surface area contributed by atoms with Gasteiger partial charge in [0.15, 0.2) is 17.3 Å². The van der Waals surface area contributed by atoms with E-state index in [1.807, 2.05) is 60.7 Å². The summed E-state index contributed by atoms with van der Waals surface area (Å²) in [5.41, 5.74) is 6.55. The summed E-state index contributed by atoms with van der Waals surface area (Å²) in [7, 11) is 0. The Morgan fingerprint density at radius 3 is 1.21 bits per heavy atom. The van der Waals surface area contributed by atoms with Crippen LogP contribution in [0.25, 0.3) is 0 Å². The predicted octanol–water partition coefficient (Wildman–Crippen LogP) is 6.36. The molecule has 38 heavy (non-hydrogen) atoms. The van der Waals surface area contributed by atoms with Crippen molar-refractivity contribution in [2.24, 2.45) is 0 Å². The highest BCUT2D eigenvalue weighted by atomic mass is 16.1. The van der Waals surface area contributed by atoms with Gasteiger partial charge in [-0.25, -0.2) is 0 Å². The van der Waals surface area contributed by atoms with Crippen LogP contribution >= 0.6 is 0 Å². The van der Waals surface area contributed by atoms with Crippen LogP contribution in [0.15, 0.2) is 110 Å². The zero-order valence-corrected chi connectivity index (χ0v) is 20.7. The minimum Gasteiger partial charge on any atom is -0.367 e. The fourth-order valence-electron chi connectivity index (χ4n) is 4.24. The number of hydrogen-bond acceptors (Lipinski definition) is 4.